The molecule has 5 rings (SSSR count). The molecule has 1 atom stereocenters. The van der Waals surface area contributed by atoms with Crippen molar-refractivity contribution in [1.29, 1.82) is 0 Å². The summed E-state index contributed by atoms with van der Waals surface area (Å²) in [6.45, 7) is -0.555. The Morgan fingerprint density at radius 1 is 0.851 bits per heavy atom. The molecule has 0 spiro atoms. The number of carbonyl (C=O) groups is 2. The van der Waals surface area contributed by atoms with Gasteiger partial charge in [0.25, 0.3) is 10.0 Å². The number of nitrogens with zero attached hydrogens (tertiary/aromatic N) is 2. The summed E-state index contributed by atoms with van der Waals surface area (Å²) in [7, 11) is -2.76. The topological polar surface area (TPSA) is 96.0 Å². The number of hydrogen-bond acceptors (Lipinski definition) is 5. The molecule has 4 aromatic rings. The molecule has 1 saturated carbocycles. The van der Waals surface area contributed by atoms with Crippen LogP contribution in [0.3, 0.4) is 0 Å². The molecule has 0 bridgehead atoms. The van der Waals surface area contributed by atoms with Crippen LogP contribution in [0.1, 0.15) is 43.2 Å². The minimum Gasteiger partial charge on any atom is -0.497 e. The Labute approximate surface area is 276 Å². The number of rotatable bonds is 13. The zero-order valence-corrected chi connectivity index (χ0v) is 27.2. The molecule has 1 aliphatic carbocycles. The molecule has 0 aromatic heterocycles. The second kappa shape index (κ2) is 15.7. The zero-order valence-electron chi connectivity index (χ0n) is 26.4. The first-order valence-corrected chi connectivity index (χ1v) is 17.3. The Balaban J connectivity index is 1.56. The highest BCUT2D eigenvalue weighted by Crippen LogP contribution is 2.26. The number of para-hydroxylation sites is 1. The van der Waals surface area contributed by atoms with Gasteiger partial charge in [0.1, 0.15) is 24.2 Å². The van der Waals surface area contributed by atoms with Crippen molar-refractivity contribution in [2.45, 2.75) is 62.0 Å². The fraction of sp³-hybridized carbons (Fsp3) is 0.297. The van der Waals surface area contributed by atoms with E-state index in [1.165, 1.54) is 17.0 Å². The molecule has 246 valence electrons. The zero-order chi connectivity index (χ0) is 33.2. The highest BCUT2D eigenvalue weighted by molar-refractivity contribution is 7.92. The molecule has 2 amide bonds. The molecule has 1 aliphatic rings. The molecule has 10 heteroatoms. The average molecular weight is 658 g/mol. The number of methoxy groups -OCH3 is 1. The van der Waals surface area contributed by atoms with Crippen molar-refractivity contribution in [3.63, 3.8) is 0 Å². The van der Waals surface area contributed by atoms with Gasteiger partial charge in [-0.15, -0.1) is 0 Å². The van der Waals surface area contributed by atoms with Crippen molar-refractivity contribution >= 4 is 27.5 Å². The Bertz CT molecular complexity index is 1730. The molecule has 1 fully saturated rings. The molecule has 0 heterocycles. The summed E-state index contributed by atoms with van der Waals surface area (Å²) in [5, 5.41) is 3.20. The van der Waals surface area contributed by atoms with Crippen LogP contribution in [0, 0.1) is 5.82 Å². The Kier molecular flexibility index (Phi) is 11.3. The van der Waals surface area contributed by atoms with Gasteiger partial charge in [-0.25, -0.2) is 12.8 Å². The van der Waals surface area contributed by atoms with E-state index in [0.29, 0.717) is 11.3 Å². The van der Waals surface area contributed by atoms with E-state index in [2.05, 4.69) is 5.32 Å². The summed E-state index contributed by atoms with van der Waals surface area (Å²) in [6, 6.07) is 28.5. The van der Waals surface area contributed by atoms with Crippen molar-refractivity contribution in [3.8, 4) is 5.75 Å². The van der Waals surface area contributed by atoms with E-state index in [0.717, 1.165) is 54.1 Å². The van der Waals surface area contributed by atoms with E-state index >= 15 is 0 Å². The van der Waals surface area contributed by atoms with E-state index in [-0.39, 0.29) is 35.5 Å². The summed E-state index contributed by atoms with van der Waals surface area (Å²) in [5.74, 6) is -0.846. The van der Waals surface area contributed by atoms with Crippen molar-refractivity contribution < 1.29 is 27.1 Å². The summed E-state index contributed by atoms with van der Waals surface area (Å²) in [6.07, 6.45) is 5.13. The van der Waals surface area contributed by atoms with Gasteiger partial charge in [-0.3, -0.25) is 13.9 Å². The third-order valence-corrected chi connectivity index (χ3v) is 10.2. The van der Waals surface area contributed by atoms with Gasteiger partial charge in [0.2, 0.25) is 11.8 Å². The molecule has 4 aromatic carbocycles. The molecule has 8 nitrogen and oxygen atoms in total. The summed E-state index contributed by atoms with van der Waals surface area (Å²) in [5.41, 5.74) is 1.84. The molecular weight excluding hydrogens is 617 g/mol. The highest BCUT2D eigenvalue weighted by atomic mass is 32.2. The van der Waals surface area contributed by atoms with Gasteiger partial charge >= 0.3 is 0 Å². The van der Waals surface area contributed by atoms with Crippen molar-refractivity contribution in [1.82, 2.24) is 10.2 Å². The van der Waals surface area contributed by atoms with Gasteiger partial charge in [0.05, 0.1) is 17.7 Å². The first-order valence-electron chi connectivity index (χ1n) is 15.8. The fourth-order valence-corrected chi connectivity index (χ4v) is 7.34. The summed E-state index contributed by atoms with van der Waals surface area (Å²) in [4.78, 5) is 30.1. The van der Waals surface area contributed by atoms with Crippen LogP contribution in [-0.2, 0) is 32.6 Å². The second-order valence-electron chi connectivity index (χ2n) is 11.7. The smallest absolute Gasteiger partial charge is 0.264 e. The Morgan fingerprint density at radius 3 is 2.15 bits per heavy atom. The molecule has 1 N–H and O–H groups in total. The number of halogens is 1. The number of anilines is 1. The van der Waals surface area contributed by atoms with Crippen molar-refractivity contribution in [2.75, 3.05) is 18.0 Å². The third kappa shape index (κ3) is 8.77. The van der Waals surface area contributed by atoms with Gasteiger partial charge in [-0.1, -0.05) is 79.9 Å². The van der Waals surface area contributed by atoms with E-state index in [9.17, 15) is 22.4 Å². The van der Waals surface area contributed by atoms with Crippen LogP contribution in [0.5, 0.6) is 5.75 Å². The minimum atomic E-state index is -4.31. The first-order chi connectivity index (χ1) is 22.7. The third-order valence-electron chi connectivity index (χ3n) is 8.43. The van der Waals surface area contributed by atoms with Crippen LogP contribution in [0.25, 0.3) is 0 Å². The second-order valence-corrected chi connectivity index (χ2v) is 13.6. The molecule has 0 radical (unpaired) electrons. The van der Waals surface area contributed by atoms with E-state index in [1.807, 2.05) is 36.4 Å². The predicted octanol–water partition coefficient (Wildman–Crippen LogP) is 6.12. The van der Waals surface area contributed by atoms with E-state index in [4.69, 9.17) is 4.74 Å². The van der Waals surface area contributed by atoms with Crippen LogP contribution in [0.2, 0.25) is 0 Å². The minimum absolute atomic E-state index is 0.00275. The van der Waals surface area contributed by atoms with Crippen LogP contribution in [0.4, 0.5) is 10.1 Å². The van der Waals surface area contributed by atoms with Gasteiger partial charge < -0.3 is 15.0 Å². The number of ether oxygens (including phenoxy) is 1. The highest BCUT2D eigenvalue weighted by Gasteiger charge is 2.35. The lowest BCUT2D eigenvalue weighted by atomic mass is 9.94. The largest absolute Gasteiger partial charge is 0.497 e. The number of amides is 2. The van der Waals surface area contributed by atoms with E-state index in [1.54, 1.807) is 55.6 Å². The number of benzene rings is 4. The lowest BCUT2D eigenvalue weighted by Crippen LogP contribution is -2.55. The summed E-state index contributed by atoms with van der Waals surface area (Å²) < 4.78 is 48.3. The van der Waals surface area contributed by atoms with Crippen molar-refractivity contribution in [3.05, 3.63) is 126 Å². The quantitative estimate of drug-likeness (QED) is 0.187. The standard InChI is InChI=1S/C37H40FN3O5S/c1-46-33-19-11-14-29(24-33)26-40(35(25-28-12-5-2-6-13-28)37(43)39-31-15-7-3-8-16-31)36(42)27-41(32-17-9-4-10-18-32)47(44,45)34-22-20-30(38)21-23-34/h2,4-6,9-14,17-24,31,35H,3,7-8,15-16,25-27H2,1H3,(H,39,43)/t35-/m1/s1. The lowest BCUT2D eigenvalue weighted by molar-refractivity contribution is -0.140. The van der Waals surface area contributed by atoms with Gasteiger partial charge in [-0.2, -0.15) is 0 Å². The average Bonchev–Trinajstić information content (AvgIpc) is 3.10. The fourth-order valence-electron chi connectivity index (χ4n) is 5.92. The molecular formula is C37H40FN3O5S. The van der Waals surface area contributed by atoms with Crippen molar-refractivity contribution in [2.24, 2.45) is 0 Å². The first kappa shape index (κ1) is 33.7. The van der Waals surface area contributed by atoms with Gasteiger partial charge in [0, 0.05) is 19.0 Å². The van der Waals surface area contributed by atoms with Crippen LogP contribution in [0.15, 0.2) is 114 Å². The maximum atomic E-state index is 14.6. The normalized spacial score (nSPS) is 14.2. The maximum Gasteiger partial charge on any atom is 0.264 e. The number of carbonyl (C=O) groups excluding carboxylic acids is 2. The van der Waals surface area contributed by atoms with E-state index < -0.39 is 34.3 Å². The number of nitrogens with one attached hydrogen (secondary N) is 1. The molecule has 0 aliphatic heterocycles. The summed E-state index contributed by atoms with van der Waals surface area (Å²) >= 11 is 0. The van der Waals surface area contributed by atoms with Crippen LogP contribution in [-0.4, -0.2) is 50.9 Å². The van der Waals surface area contributed by atoms with Crippen LogP contribution >= 0.6 is 0 Å². The monoisotopic (exact) mass is 657 g/mol. The number of sulfonamides is 1. The Morgan fingerprint density at radius 2 is 1.49 bits per heavy atom. The Hall–Kier alpha value is -4.70. The van der Waals surface area contributed by atoms with Gasteiger partial charge in [-0.05, 0) is 72.5 Å². The van der Waals surface area contributed by atoms with Gasteiger partial charge in [0.15, 0.2) is 0 Å². The number of hydrogen-bond donors (Lipinski definition) is 1. The maximum absolute atomic E-state index is 14.6. The SMILES string of the molecule is COc1cccc(CN(C(=O)CN(c2ccccc2)S(=O)(=O)c2ccc(F)cc2)[C@H](Cc2ccccc2)C(=O)NC2CCCCC2)c1. The molecule has 0 unspecified atom stereocenters. The lowest BCUT2D eigenvalue weighted by Gasteiger charge is -2.35. The predicted molar refractivity (Wildman–Crippen MR) is 180 cm³/mol. The molecule has 47 heavy (non-hydrogen) atoms. The molecule has 0 saturated heterocycles. The van der Waals surface area contributed by atoms with Crippen LogP contribution < -0.4 is 14.4 Å².